The minimum atomic E-state index is -0.000425. The van der Waals surface area contributed by atoms with Gasteiger partial charge in [0.1, 0.15) is 0 Å². The molecule has 94 valence electrons. The van der Waals surface area contributed by atoms with E-state index in [1.165, 1.54) is 30.4 Å². The van der Waals surface area contributed by atoms with Crippen LogP contribution in [-0.2, 0) is 4.79 Å². The molecule has 2 nitrogen and oxygen atoms in total. The number of amides is 1. The summed E-state index contributed by atoms with van der Waals surface area (Å²) < 4.78 is 0. The molecule has 0 radical (unpaired) electrons. The third kappa shape index (κ3) is 4.22. The second-order valence-electron chi connectivity index (χ2n) is 4.82. The van der Waals surface area contributed by atoms with Crippen LogP contribution in [0.2, 0.25) is 0 Å². The summed E-state index contributed by atoms with van der Waals surface area (Å²) in [5.41, 5.74) is 3.40. The molecule has 0 spiro atoms. The molecule has 0 bridgehead atoms. The maximum absolute atomic E-state index is 11.2. The van der Waals surface area contributed by atoms with Gasteiger partial charge in [0.15, 0.2) is 0 Å². The first kappa shape index (κ1) is 13.8. The minimum absolute atomic E-state index is 0.000425. The van der Waals surface area contributed by atoms with Crippen LogP contribution in [0.15, 0.2) is 18.2 Å². The molecule has 1 aromatic carbocycles. The van der Waals surface area contributed by atoms with Crippen LogP contribution in [0.5, 0.6) is 0 Å². The second-order valence-corrected chi connectivity index (χ2v) is 4.82. The van der Waals surface area contributed by atoms with E-state index in [2.05, 4.69) is 37.4 Å². The molecule has 1 N–H and O–H groups in total. The lowest BCUT2D eigenvalue weighted by molar-refractivity contribution is -0.114. The number of unbranched alkanes of at least 4 members (excludes halogenated alkanes) is 1. The highest BCUT2D eigenvalue weighted by Gasteiger charge is 2.11. The van der Waals surface area contributed by atoms with Crippen molar-refractivity contribution in [2.45, 2.75) is 52.9 Å². The van der Waals surface area contributed by atoms with Gasteiger partial charge < -0.3 is 5.32 Å². The molecule has 0 aliphatic heterocycles. The molecule has 1 amide bonds. The Morgan fingerprint density at radius 3 is 2.71 bits per heavy atom. The van der Waals surface area contributed by atoms with Gasteiger partial charge in [-0.05, 0) is 36.5 Å². The second kappa shape index (κ2) is 6.43. The van der Waals surface area contributed by atoms with Crippen LogP contribution < -0.4 is 5.32 Å². The van der Waals surface area contributed by atoms with E-state index in [9.17, 15) is 4.79 Å². The number of anilines is 1. The Balaban J connectivity index is 2.92. The van der Waals surface area contributed by atoms with E-state index >= 15 is 0 Å². The van der Waals surface area contributed by atoms with Crippen LogP contribution in [0.3, 0.4) is 0 Å². The molecule has 2 heteroatoms. The molecule has 17 heavy (non-hydrogen) atoms. The van der Waals surface area contributed by atoms with E-state index in [1.54, 1.807) is 6.92 Å². The predicted molar refractivity (Wildman–Crippen MR) is 73.4 cm³/mol. The summed E-state index contributed by atoms with van der Waals surface area (Å²) in [6.45, 7) is 8.04. The van der Waals surface area contributed by atoms with Crippen LogP contribution in [0.4, 0.5) is 5.69 Å². The van der Waals surface area contributed by atoms with Crippen molar-refractivity contribution in [1.29, 1.82) is 0 Å². The third-order valence-electron chi connectivity index (χ3n) is 3.04. The molecule has 0 aliphatic rings. The van der Waals surface area contributed by atoms with Crippen molar-refractivity contribution in [3.63, 3.8) is 0 Å². The average molecular weight is 233 g/mol. The number of nitrogens with one attached hydrogen (secondary N) is 1. The van der Waals surface area contributed by atoms with Gasteiger partial charge in [-0.1, -0.05) is 38.8 Å². The molecule has 1 atom stereocenters. The monoisotopic (exact) mass is 233 g/mol. The minimum Gasteiger partial charge on any atom is -0.326 e. The van der Waals surface area contributed by atoms with E-state index in [1.807, 2.05) is 6.92 Å². The quantitative estimate of drug-likeness (QED) is 0.809. The molecule has 1 rings (SSSR count). The SMILES string of the molecule is CCCCC(C)c1ccc(C)cc1NC(C)=O. The Labute approximate surface area is 104 Å². The summed E-state index contributed by atoms with van der Waals surface area (Å²) in [6.07, 6.45) is 3.62. The molecule has 1 unspecified atom stereocenters. The summed E-state index contributed by atoms with van der Waals surface area (Å²) >= 11 is 0. The highest BCUT2D eigenvalue weighted by atomic mass is 16.1. The molecule has 0 heterocycles. The number of hydrogen-bond donors (Lipinski definition) is 1. The summed E-state index contributed by atoms with van der Waals surface area (Å²) in [6, 6.07) is 6.31. The molecule has 0 saturated carbocycles. The van der Waals surface area contributed by atoms with Gasteiger partial charge in [-0.2, -0.15) is 0 Å². The topological polar surface area (TPSA) is 29.1 Å². The zero-order chi connectivity index (χ0) is 12.8. The van der Waals surface area contributed by atoms with Gasteiger partial charge in [0.05, 0.1) is 0 Å². The first-order valence-corrected chi connectivity index (χ1v) is 6.42. The van der Waals surface area contributed by atoms with E-state index in [-0.39, 0.29) is 5.91 Å². The van der Waals surface area contributed by atoms with Crippen molar-refractivity contribution < 1.29 is 4.79 Å². The van der Waals surface area contributed by atoms with E-state index in [4.69, 9.17) is 0 Å². The molecule has 0 fully saturated rings. The first-order valence-electron chi connectivity index (χ1n) is 6.42. The Hall–Kier alpha value is -1.31. The fourth-order valence-electron chi connectivity index (χ4n) is 2.06. The summed E-state index contributed by atoms with van der Waals surface area (Å²) in [7, 11) is 0. The van der Waals surface area contributed by atoms with E-state index in [0.29, 0.717) is 5.92 Å². The van der Waals surface area contributed by atoms with Gasteiger partial charge >= 0.3 is 0 Å². The highest BCUT2D eigenvalue weighted by Crippen LogP contribution is 2.29. The van der Waals surface area contributed by atoms with Crippen LogP contribution in [0.25, 0.3) is 0 Å². The van der Waals surface area contributed by atoms with Gasteiger partial charge in [-0.15, -0.1) is 0 Å². The Morgan fingerprint density at radius 1 is 1.41 bits per heavy atom. The zero-order valence-electron chi connectivity index (χ0n) is 11.3. The van der Waals surface area contributed by atoms with Crippen molar-refractivity contribution in [3.05, 3.63) is 29.3 Å². The molecule has 0 aliphatic carbocycles. The molecular formula is C15H23NO. The molecule has 0 saturated heterocycles. The Kier molecular flexibility index (Phi) is 5.20. The number of benzene rings is 1. The lowest BCUT2D eigenvalue weighted by atomic mass is 9.93. The number of rotatable bonds is 5. The smallest absolute Gasteiger partial charge is 0.221 e. The summed E-state index contributed by atoms with van der Waals surface area (Å²) in [5.74, 6) is 0.497. The normalized spacial score (nSPS) is 12.2. The predicted octanol–water partition coefficient (Wildman–Crippen LogP) is 4.25. The zero-order valence-corrected chi connectivity index (χ0v) is 11.3. The Bertz CT molecular complexity index is 385. The van der Waals surface area contributed by atoms with Crippen LogP contribution >= 0.6 is 0 Å². The van der Waals surface area contributed by atoms with E-state index in [0.717, 1.165) is 5.69 Å². The molecule has 1 aromatic rings. The maximum atomic E-state index is 11.2. The fourth-order valence-corrected chi connectivity index (χ4v) is 2.06. The van der Waals surface area contributed by atoms with E-state index < -0.39 is 0 Å². The van der Waals surface area contributed by atoms with Gasteiger partial charge in [0, 0.05) is 12.6 Å². The van der Waals surface area contributed by atoms with Crippen molar-refractivity contribution in [2.24, 2.45) is 0 Å². The van der Waals surface area contributed by atoms with Gasteiger partial charge in [-0.3, -0.25) is 4.79 Å². The average Bonchev–Trinajstić information content (AvgIpc) is 2.25. The number of carbonyl (C=O) groups excluding carboxylic acids is 1. The standard InChI is InChI=1S/C15H23NO/c1-5-6-7-12(3)14-9-8-11(2)10-15(14)16-13(4)17/h8-10,12H,5-7H2,1-4H3,(H,16,17). The first-order chi connectivity index (χ1) is 8.04. The highest BCUT2D eigenvalue weighted by molar-refractivity contribution is 5.89. The van der Waals surface area contributed by atoms with Crippen LogP contribution in [-0.4, -0.2) is 5.91 Å². The lowest BCUT2D eigenvalue weighted by Gasteiger charge is -2.17. The van der Waals surface area contributed by atoms with Gasteiger partial charge in [0.2, 0.25) is 5.91 Å². The fraction of sp³-hybridized carbons (Fsp3) is 0.533. The Morgan fingerprint density at radius 2 is 2.12 bits per heavy atom. The van der Waals surface area contributed by atoms with Crippen molar-refractivity contribution >= 4 is 11.6 Å². The van der Waals surface area contributed by atoms with Crippen LogP contribution in [0.1, 0.15) is 57.1 Å². The largest absolute Gasteiger partial charge is 0.326 e. The number of carbonyl (C=O) groups is 1. The number of hydrogen-bond acceptors (Lipinski definition) is 1. The number of aryl methyl sites for hydroxylation is 1. The molecular weight excluding hydrogens is 210 g/mol. The summed E-state index contributed by atoms with van der Waals surface area (Å²) in [5, 5.41) is 2.93. The van der Waals surface area contributed by atoms with Gasteiger partial charge in [0.25, 0.3) is 0 Å². The third-order valence-corrected chi connectivity index (χ3v) is 3.04. The van der Waals surface area contributed by atoms with Crippen molar-refractivity contribution in [2.75, 3.05) is 5.32 Å². The van der Waals surface area contributed by atoms with Crippen LogP contribution in [0, 0.1) is 6.92 Å². The maximum Gasteiger partial charge on any atom is 0.221 e. The van der Waals surface area contributed by atoms with Gasteiger partial charge in [-0.25, -0.2) is 0 Å². The van der Waals surface area contributed by atoms with Crippen molar-refractivity contribution in [3.8, 4) is 0 Å². The molecule has 0 aromatic heterocycles. The van der Waals surface area contributed by atoms with Crippen molar-refractivity contribution in [1.82, 2.24) is 0 Å². The lowest BCUT2D eigenvalue weighted by Crippen LogP contribution is -2.09. The summed E-state index contributed by atoms with van der Waals surface area (Å²) in [4.78, 5) is 11.2.